The average Bonchev–Trinajstić information content (AvgIpc) is 3.01. The van der Waals surface area contributed by atoms with Gasteiger partial charge in [-0.1, -0.05) is 61.4 Å². The monoisotopic (exact) mass is 379 g/mol. The van der Waals surface area contributed by atoms with Gasteiger partial charge >= 0.3 is 12.1 Å². The molecule has 4 rings (SSSR count). The number of carboxylic acids is 1. The van der Waals surface area contributed by atoms with Crippen LogP contribution in [0.3, 0.4) is 0 Å². The van der Waals surface area contributed by atoms with Gasteiger partial charge in [-0.25, -0.2) is 4.79 Å². The van der Waals surface area contributed by atoms with E-state index < -0.39 is 12.1 Å². The Labute approximate surface area is 164 Å². The van der Waals surface area contributed by atoms with Crippen LogP contribution in [0.25, 0.3) is 11.1 Å². The van der Waals surface area contributed by atoms with Crippen LogP contribution in [0.2, 0.25) is 0 Å². The van der Waals surface area contributed by atoms with Crippen molar-refractivity contribution in [1.29, 1.82) is 0 Å². The molecular weight excluding hydrogens is 354 g/mol. The van der Waals surface area contributed by atoms with Gasteiger partial charge in [0.15, 0.2) is 0 Å². The number of hydrogen-bond acceptors (Lipinski definition) is 3. The van der Waals surface area contributed by atoms with Crippen molar-refractivity contribution in [3.05, 3.63) is 59.7 Å². The summed E-state index contributed by atoms with van der Waals surface area (Å²) in [5.74, 6) is -0.808. The van der Waals surface area contributed by atoms with E-state index in [1.807, 2.05) is 24.3 Å². The molecule has 0 aliphatic heterocycles. The molecule has 5 heteroatoms. The van der Waals surface area contributed by atoms with Crippen molar-refractivity contribution in [2.45, 2.75) is 44.1 Å². The number of amides is 1. The summed E-state index contributed by atoms with van der Waals surface area (Å²) in [6.45, 7) is 0.274. The van der Waals surface area contributed by atoms with Crippen molar-refractivity contribution >= 4 is 12.1 Å². The summed E-state index contributed by atoms with van der Waals surface area (Å²) in [4.78, 5) is 23.5. The van der Waals surface area contributed by atoms with Crippen molar-refractivity contribution < 1.29 is 19.4 Å². The van der Waals surface area contributed by atoms with Crippen LogP contribution in [0.15, 0.2) is 48.5 Å². The molecule has 2 aliphatic rings. The maximum absolute atomic E-state index is 12.4. The van der Waals surface area contributed by atoms with Crippen molar-refractivity contribution in [2.24, 2.45) is 5.92 Å². The highest BCUT2D eigenvalue weighted by Gasteiger charge is 2.31. The SMILES string of the molecule is O=C(O)C[C@H]1CCCC[C@H]1NC(=O)OCC1c2ccccc2-c2ccccc21. The Morgan fingerprint density at radius 2 is 1.57 bits per heavy atom. The quantitative estimate of drug-likeness (QED) is 0.799. The molecular formula is C23H25NO4. The minimum atomic E-state index is -0.814. The first-order chi connectivity index (χ1) is 13.6. The number of carbonyl (C=O) groups is 2. The molecule has 0 unspecified atom stereocenters. The normalized spacial score (nSPS) is 20.9. The van der Waals surface area contributed by atoms with Gasteiger partial charge in [0.2, 0.25) is 0 Å². The van der Waals surface area contributed by atoms with E-state index in [4.69, 9.17) is 9.84 Å². The summed E-state index contributed by atoms with van der Waals surface area (Å²) in [7, 11) is 0. The molecule has 2 aromatic carbocycles. The number of carbonyl (C=O) groups excluding carboxylic acids is 1. The van der Waals surface area contributed by atoms with Crippen LogP contribution in [0.1, 0.15) is 49.1 Å². The van der Waals surface area contributed by atoms with E-state index in [0.29, 0.717) is 0 Å². The Morgan fingerprint density at radius 1 is 0.964 bits per heavy atom. The molecule has 0 heterocycles. The molecule has 0 spiro atoms. The molecule has 2 N–H and O–H groups in total. The molecule has 0 bridgehead atoms. The Bertz CT molecular complexity index is 833. The molecule has 0 saturated heterocycles. The summed E-state index contributed by atoms with van der Waals surface area (Å²) in [6.07, 6.45) is 3.30. The van der Waals surface area contributed by atoms with Gasteiger partial charge in [0.25, 0.3) is 0 Å². The molecule has 2 aliphatic carbocycles. The highest BCUT2D eigenvalue weighted by Crippen LogP contribution is 2.44. The zero-order chi connectivity index (χ0) is 19.5. The number of fused-ring (bicyclic) bond motifs is 3. The highest BCUT2D eigenvalue weighted by atomic mass is 16.5. The van der Waals surface area contributed by atoms with Gasteiger partial charge in [0, 0.05) is 12.0 Å². The Morgan fingerprint density at radius 3 is 2.21 bits per heavy atom. The first kappa shape index (κ1) is 18.5. The van der Waals surface area contributed by atoms with Gasteiger partial charge in [0.05, 0.1) is 6.42 Å². The summed E-state index contributed by atoms with van der Waals surface area (Å²) in [6, 6.07) is 16.3. The van der Waals surface area contributed by atoms with E-state index in [0.717, 1.165) is 25.7 Å². The average molecular weight is 379 g/mol. The third-order valence-corrected chi connectivity index (χ3v) is 5.99. The number of nitrogens with one attached hydrogen (secondary N) is 1. The zero-order valence-electron chi connectivity index (χ0n) is 15.8. The fourth-order valence-corrected chi connectivity index (χ4v) is 4.66. The van der Waals surface area contributed by atoms with E-state index in [2.05, 4.69) is 29.6 Å². The third kappa shape index (κ3) is 3.75. The fraction of sp³-hybridized carbons (Fsp3) is 0.391. The summed E-state index contributed by atoms with van der Waals surface area (Å²) in [5.41, 5.74) is 4.75. The minimum Gasteiger partial charge on any atom is -0.481 e. The van der Waals surface area contributed by atoms with Crippen molar-refractivity contribution in [1.82, 2.24) is 5.32 Å². The Kier molecular flexibility index (Phi) is 5.33. The van der Waals surface area contributed by atoms with E-state index in [9.17, 15) is 9.59 Å². The molecule has 1 amide bonds. The predicted octanol–water partition coefficient (Wildman–Crippen LogP) is 4.56. The number of rotatable bonds is 5. The van der Waals surface area contributed by atoms with Gasteiger partial charge in [-0.15, -0.1) is 0 Å². The van der Waals surface area contributed by atoms with Crippen LogP contribution in [0, 0.1) is 5.92 Å². The lowest BCUT2D eigenvalue weighted by Gasteiger charge is -2.31. The zero-order valence-corrected chi connectivity index (χ0v) is 15.8. The predicted molar refractivity (Wildman–Crippen MR) is 106 cm³/mol. The minimum absolute atomic E-state index is 0.0215. The number of hydrogen-bond donors (Lipinski definition) is 2. The molecule has 2 atom stereocenters. The van der Waals surface area contributed by atoms with E-state index >= 15 is 0 Å². The Hall–Kier alpha value is -2.82. The van der Waals surface area contributed by atoms with Crippen molar-refractivity contribution in [3.63, 3.8) is 0 Å². The third-order valence-electron chi connectivity index (χ3n) is 5.99. The first-order valence-electron chi connectivity index (χ1n) is 9.97. The van der Waals surface area contributed by atoms with Gasteiger partial charge < -0.3 is 15.2 Å². The topological polar surface area (TPSA) is 75.6 Å². The maximum Gasteiger partial charge on any atom is 0.407 e. The van der Waals surface area contributed by atoms with Gasteiger partial charge in [-0.05, 0) is 41.0 Å². The number of benzene rings is 2. The molecule has 1 saturated carbocycles. The standard InChI is InChI=1S/C23H25NO4/c25-22(26)13-15-7-1-6-12-21(15)24-23(27)28-14-20-18-10-4-2-8-16(18)17-9-3-5-11-19(17)20/h2-5,8-11,15,20-21H,1,6-7,12-14H2,(H,24,27)(H,25,26)/t15-,21-/m1/s1. The maximum atomic E-state index is 12.4. The lowest BCUT2D eigenvalue weighted by atomic mass is 9.82. The van der Waals surface area contributed by atoms with Crippen molar-refractivity contribution in [3.8, 4) is 11.1 Å². The van der Waals surface area contributed by atoms with Gasteiger partial charge in [0.1, 0.15) is 6.61 Å². The number of aliphatic carboxylic acids is 1. The van der Waals surface area contributed by atoms with E-state index in [1.54, 1.807) is 0 Å². The second kappa shape index (κ2) is 8.05. The van der Waals surface area contributed by atoms with Crippen LogP contribution < -0.4 is 5.32 Å². The molecule has 1 fully saturated rings. The lowest BCUT2D eigenvalue weighted by molar-refractivity contribution is -0.138. The first-order valence-corrected chi connectivity index (χ1v) is 9.97. The molecule has 146 valence electrons. The number of carboxylic acid groups (broad SMARTS) is 1. The van der Waals surface area contributed by atoms with Crippen LogP contribution in [0.5, 0.6) is 0 Å². The van der Waals surface area contributed by atoms with Crippen LogP contribution in [-0.4, -0.2) is 29.8 Å². The smallest absolute Gasteiger partial charge is 0.407 e. The molecule has 2 aromatic rings. The van der Waals surface area contributed by atoms with Gasteiger partial charge in [-0.3, -0.25) is 4.79 Å². The van der Waals surface area contributed by atoms with Crippen LogP contribution in [0.4, 0.5) is 4.79 Å². The molecule has 0 aromatic heterocycles. The van der Waals surface area contributed by atoms with Crippen LogP contribution in [-0.2, 0) is 9.53 Å². The second-order valence-electron chi connectivity index (χ2n) is 7.72. The summed E-state index contributed by atoms with van der Waals surface area (Å²) < 4.78 is 5.60. The van der Waals surface area contributed by atoms with Crippen LogP contribution >= 0.6 is 0 Å². The summed E-state index contributed by atoms with van der Waals surface area (Å²) >= 11 is 0. The van der Waals surface area contributed by atoms with Gasteiger partial charge in [-0.2, -0.15) is 0 Å². The summed E-state index contributed by atoms with van der Waals surface area (Å²) in [5, 5.41) is 12.0. The Balaban J connectivity index is 1.42. The molecule has 5 nitrogen and oxygen atoms in total. The number of alkyl carbamates (subject to hydrolysis) is 1. The largest absolute Gasteiger partial charge is 0.481 e. The van der Waals surface area contributed by atoms with E-state index in [1.165, 1.54) is 22.3 Å². The van der Waals surface area contributed by atoms with Crippen molar-refractivity contribution in [2.75, 3.05) is 6.61 Å². The molecule has 0 radical (unpaired) electrons. The second-order valence-corrected chi connectivity index (χ2v) is 7.72. The lowest BCUT2D eigenvalue weighted by Crippen LogP contribution is -2.43. The van der Waals surface area contributed by atoms with E-state index in [-0.39, 0.29) is 30.9 Å². The highest BCUT2D eigenvalue weighted by molar-refractivity contribution is 5.79. The fourth-order valence-electron chi connectivity index (χ4n) is 4.66. The number of ether oxygens (including phenoxy) is 1. The molecule has 28 heavy (non-hydrogen) atoms.